The van der Waals surface area contributed by atoms with E-state index in [1.54, 1.807) is 14.2 Å². The highest BCUT2D eigenvalue weighted by atomic mass is 16.5. The average Bonchev–Trinajstić information content (AvgIpc) is 2.82. The van der Waals surface area contributed by atoms with Crippen molar-refractivity contribution in [2.75, 3.05) is 27.3 Å². The fourth-order valence-electron chi connectivity index (χ4n) is 6.95. The minimum Gasteiger partial charge on any atom is -0.493 e. The van der Waals surface area contributed by atoms with Gasteiger partial charge in [0.15, 0.2) is 11.5 Å². The number of aliphatic hydroxyl groups is 1. The van der Waals surface area contributed by atoms with Crippen LogP contribution in [0.2, 0.25) is 0 Å². The van der Waals surface area contributed by atoms with E-state index >= 15 is 0 Å². The van der Waals surface area contributed by atoms with Crippen molar-refractivity contribution in [2.45, 2.75) is 78.0 Å². The first-order chi connectivity index (χ1) is 16.6. The standard InChI is InChI=1S/C29H43NO5/c1-17-12-25-23(9-8-19(3)29(25,32)15-28(17)35-21(5)31)18(2)16-30-11-10-22-13-26(33-6)27(34-7)14-24(22)20(30)4/h12-14,18-20,23,25,28,32H,8-11,15-16H2,1-7H3/t18-,19-,20?,23+,25-,28-,29-/m1/s1. The SMILES string of the molecule is COc1cc2c(cc1OC)C(C)N(C[C@@H](C)[C@@H]1CC[C@@H](C)[C@]3(O)C[C@@H](OC(C)=O)C(C)=C[C@H]13)CC2. The molecule has 1 unspecified atom stereocenters. The zero-order valence-corrected chi connectivity index (χ0v) is 22.5. The van der Waals surface area contributed by atoms with Crippen molar-refractivity contribution in [1.29, 1.82) is 0 Å². The molecule has 0 saturated heterocycles. The molecule has 1 saturated carbocycles. The zero-order chi connectivity index (χ0) is 25.5. The molecule has 0 spiro atoms. The van der Waals surface area contributed by atoms with Crippen molar-refractivity contribution in [3.05, 3.63) is 34.9 Å². The Hall–Kier alpha value is -2.05. The molecule has 1 aliphatic heterocycles. The van der Waals surface area contributed by atoms with Gasteiger partial charge in [-0.2, -0.15) is 0 Å². The second kappa shape index (κ2) is 10.1. The zero-order valence-electron chi connectivity index (χ0n) is 22.5. The first-order valence-corrected chi connectivity index (χ1v) is 13.2. The van der Waals surface area contributed by atoms with Crippen molar-refractivity contribution < 1.29 is 24.1 Å². The number of nitrogens with zero attached hydrogens (tertiary/aromatic N) is 1. The number of hydrogen-bond donors (Lipinski definition) is 1. The summed E-state index contributed by atoms with van der Waals surface area (Å²) in [6.07, 6.45) is 5.50. The Kier molecular flexibility index (Phi) is 7.54. The van der Waals surface area contributed by atoms with Gasteiger partial charge in [-0.05, 0) is 79.7 Å². The van der Waals surface area contributed by atoms with E-state index in [1.807, 2.05) is 6.92 Å². The lowest BCUT2D eigenvalue weighted by Crippen LogP contribution is -2.56. The number of ether oxygens (including phenoxy) is 3. The van der Waals surface area contributed by atoms with Crippen LogP contribution in [0.5, 0.6) is 11.5 Å². The maximum atomic E-state index is 11.9. The molecule has 0 radical (unpaired) electrons. The first kappa shape index (κ1) is 26.0. The second-order valence-corrected chi connectivity index (χ2v) is 11.2. The van der Waals surface area contributed by atoms with Crippen LogP contribution in [0, 0.1) is 23.7 Å². The van der Waals surface area contributed by atoms with Gasteiger partial charge in [-0.3, -0.25) is 9.69 Å². The smallest absolute Gasteiger partial charge is 0.303 e. The number of benzene rings is 1. The van der Waals surface area contributed by atoms with Gasteiger partial charge in [-0.1, -0.05) is 19.9 Å². The minimum absolute atomic E-state index is 0.0878. The average molecular weight is 486 g/mol. The summed E-state index contributed by atoms with van der Waals surface area (Å²) in [5.41, 5.74) is 2.89. The summed E-state index contributed by atoms with van der Waals surface area (Å²) in [5, 5.41) is 11.9. The topological polar surface area (TPSA) is 68.2 Å². The van der Waals surface area contributed by atoms with E-state index in [4.69, 9.17) is 14.2 Å². The van der Waals surface area contributed by atoms with Gasteiger partial charge < -0.3 is 19.3 Å². The molecular weight excluding hydrogens is 442 g/mol. The lowest BCUT2D eigenvalue weighted by molar-refractivity contribution is -0.159. The molecule has 6 heteroatoms. The van der Waals surface area contributed by atoms with E-state index in [-0.39, 0.29) is 23.9 Å². The quantitative estimate of drug-likeness (QED) is 0.455. The van der Waals surface area contributed by atoms with Gasteiger partial charge in [-0.25, -0.2) is 0 Å². The third-order valence-electron chi connectivity index (χ3n) is 9.16. The fourth-order valence-corrected chi connectivity index (χ4v) is 6.95. The van der Waals surface area contributed by atoms with Crippen molar-refractivity contribution in [3.63, 3.8) is 0 Å². The van der Waals surface area contributed by atoms with Crippen LogP contribution in [-0.2, 0) is 16.0 Å². The van der Waals surface area contributed by atoms with Crippen LogP contribution in [0.4, 0.5) is 0 Å². The lowest BCUT2D eigenvalue weighted by Gasteiger charge is -2.53. The summed E-state index contributed by atoms with van der Waals surface area (Å²) in [7, 11) is 3.38. The third-order valence-corrected chi connectivity index (χ3v) is 9.16. The Bertz CT molecular complexity index is 974. The van der Waals surface area contributed by atoms with Gasteiger partial charge in [0.05, 0.1) is 19.8 Å². The van der Waals surface area contributed by atoms with Crippen molar-refractivity contribution >= 4 is 5.97 Å². The van der Waals surface area contributed by atoms with Gasteiger partial charge in [0, 0.05) is 38.4 Å². The van der Waals surface area contributed by atoms with E-state index in [0.717, 1.165) is 49.4 Å². The number of carbonyl (C=O) groups excluding carboxylic acids is 1. The molecule has 194 valence electrons. The Balaban J connectivity index is 1.53. The molecule has 0 bridgehead atoms. The lowest BCUT2D eigenvalue weighted by atomic mass is 9.57. The monoisotopic (exact) mass is 485 g/mol. The number of fused-ring (bicyclic) bond motifs is 2. The van der Waals surface area contributed by atoms with Crippen LogP contribution in [-0.4, -0.2) is 55.0 Å². The molecule has 0 aromatic heterocycles. The first-order valence-electron chi connectivity index (χ1n) is 13.2. The summed E-state index contributed by atoms with van der Waals surface area (Å²) in [5.74, 6) is 2.38. The Labute approximate surface area is 210 Å². The fraction of sp³-hybridized carbons (Fsp3) is 0.690. The second-order valence-electron chi connectivity index (χ2n) is 11.2. The highest BCUT2D eigenvalue weighted by Gasteiger charge is 2.52. The molecule has 4 rings (SSSR count). The van der Waals surface area contributed by atoms with Crippen molar-refractivity contribution in [3.8, 4) is 11.5 Å². The summed E-state index contributed by atoms with van der Waals surface area (Å²) >= 11 is 0. The third kappa shape index (κ3) is 4.84. The molecule has 0 amide bonds. The molecule has 7 atom stereocenters. The van der Waals surface area contributed by atoms with Crippen LogP contribution in [0.3, 0.4) is 0 Å². The molecule has 1 aromatic rings. The Morgan fingerprint density at radius 1 is 1.20 bits per heavy atom. The van der Waals surface area contributed by atoms with Gasteiger partial charge in [0.1, 0.15) is 6.10 Å². The van der Waals surface area contributed by atoms with Crippen LogP contribution in [0.25, 0.3) is 0 Å². The summed E-state index contributed by atoms with van der Waals surface area (Å²) in [6.45, 7) is 12.3. The maximum Gasteiger partial charge on any atom is 0.303 e. The number of methoxy groups -OCH3 is 2. The molecule has 6 nitrogen and oxygen atoms in total. The van der Waals surface area contributed by atoms with Crippen LogP contribution >= 0.6 is 0 Å². The van der Waals surface area contributed by atoms with E-state index in [0.29, 0.717) is 24.3 Å². The minimum atomic E-state index is -0.833. The molecule has 1 aromatic carbocycles. The molecule has 1 heterocycles. The Morgan fingerprint density at radius 3 is 2.54 bits per heavy atom. The maximum absolute atomic E-state index is 11.9. The predicted molar refractivity (Wildman–Crippen MR) is 137 cm³/mol. The molecule has 1 fully saturated rings. The van der Waals surface area contributed by atoms with Crippen LogP contribution in [0.1, 0.15) is 71.0 Å². The normalized spacial score (nSPS) is 33.7. The predicted octanol–water partition coefficient (Wildman–Crippen LogP) is 4.93. The summed E-state index contributed by atoms with van der Waals surface area (Å²) in [6, 6.07) is 4.56. The molecule has 2 aliphatic carbocycles. The molecule has 1 N–H and O–H groups in total. The van der Waals surface area contributed by atoms with E-state index < -0.39 is 5.60 Å². The van der Waals surface area contributed by atoms with Gasteiger partial charge in [-0.15, -0.1) is 0 Å². The Morgan fingerprint density at radius 2 is 1.89 bits per heavy atom. The highest BCUT2D eigenvalue weighted by Crippen LogP contribution is 2.51. The number of hydrogen-bond acceptors (Lipinski definition) is 6. The highest BCUT2D eigenvalue weighted by molar-refractivity contribution is 5.66. The van der Waals surface area contributed by atoms with Gasteiger partial charge in [0.25, 0.3) is 0 Å². The van der Waals surface area contributed by atoms with E-state index in [2.05, 4.69) is 43.9 Å². The number of rotatable bonds is 6. The van der Waals surface area contributed by atoms with Gasteiger partial charge in [0.2, 0.25) is 0 Å². The van der Waals surface area contributed by atoms with E-state index in [9.17, 15) is 9.90 Å². The molecular formula is C29H43NO5. The summed E-state index contributed by atoms with van der Waals surface area (Å²) in [4.78, 5) is 14.2. The van der Waals surface area contributed by atoms with E-state index in [1.165, 1.54) is 18.1 Å². The van der Waals surface area contributed by atoms with Crippen LogP contribution in [0.15, 0.2) is 23.8 Å². The molecule has 35 heavy (non-hydrogen) atoms. The van der Waals surface area contributed by atoms with Crippen molar-refractivity contribution in [2.24, 2.45) is 23.7 Å². The summed E-state index contributed by atoms with van der Waals surface area (Å²) < 4.78 is 16.7. The van der Waals surface area contributed by atoms with Gasteiger partial charge >= 0.3 is 5.97 Å². The van der Waals surface area contributed by atoms with Crippen molar-refractivity contribution in [1.82, 2.24) is 4.90 Å². The molecule has 3 aliphatic rings. The van der Waals surface area contributed by atoms with Crippen LogP contribution < -0.4 is 9.47 Å². The number of carbonyl (C=O) groups is 1. The largest absolute Gasteiger partial charge is 0.493 e. The number of esters is 1.